The highest BCUT2D eigenvalue weighted by molar-refractivity contribution is 9.10. The van der Waals surface area contributed by atoms with Gasteiger partial charge in [0.15, 0.2) is 0 Å². The molecule has 0 amide bonds. The second kappa shape index (κ2) is 5.63. The van der Waals surface area contributed by atoms with Gasteiger partial charge in [0.2, 0.25) is 0 Å². The van der Waals surface area contributed by atoms with Gasteiger partial charge in [0, 0.05) is 33.2 Å². The van der Waals surface area contributed by atoms with Crippen molar-refractivity contribution in [1.82, 2.24) is 4.90 Å². The monoisotopic (exact) mass is 315 g/mol. The number of carbonyl (C=O) groups excluding carboxylic acids is 1. The van der Waals surface area contributed by atoms with Crippen molar-refractivity contribution in [1.29, 1.82) is 0 Å². The number of rotatable bonds is 5. The zero-order chi connectivity index (χ0) is 12.3. The van der Waals surface area contributed by atoms with Crippen LogP contribution in [-0.4, -0.2) is 24.8 Å². The Morgan fingerprint density at radius 3 is 2.76 bits per heavy atom. The number of thiophene rings is 1. The lowest BCUT2D eigenvalue weighted by Crippen LogP contribution is -2.34. The van der Waals surface area contributed by atoms with Crippen molar-refractivity contribution in [2.45, 2.75) is 32.2 Å². The summed E-state index contributed by atoms with van der Waals surface area (Å²) in [6.07, 6.45) is 5.74. The summed E-state index contributed by atoms with van der Waals surface area (Å²) in [6, 6.07) is 2.16. The summed E-state index contributed by atoms with van der Waals surface area (Å²) in [5.41, 5.74) is -0.0662. The Bertz CT molecular complexity index is 385. The van der Waals surface area contributed by atoms with E-state index in [1.807, 2.05) is 0 Å². The largest absolute Gasteiger partial charge is 0.303 e. The number of aldehydes is 1. The molecular weight excluding hydrogens is 298 g/mol. The van der Waals surface area contributed by atoms with Crippen molar-refractivity contribution < 1.29 is 4.79 Å². The Hall–Kier alpha value is -0.190. The molecule has 1 aliphatic carbocycles. The van der Waals surface area contributed by atoms with E-state index in [4.69, 9.17) is 0 Å². The highest BCUT2D eigenvalue weighted by Gasteiger charge is 2.34. The summed E-state index contributed by atoms with van der Waals surface area (Å²) >= 11 is 5.24. The third-order valence-electron chi connectivity index (χ3n) is 3.48. The van der Waals surface area contributed by atoms with Crippen LogP contribution in [0.15, 0.2) is 15.9 Å². The van der Waals surface area contributed by atoms with Gasteiger partial charge in [-0.15, -0.1) is 11.3 Å². The maximum atomic E-state index is 11.3. The van der Waals surface area contributed by atoms with Crippen LogP contribution in [0.1, 0.15) is 30.6 Å². The van der Waals surface area contributed by atoms with Gasteiger partial charge in [-0.1, -0.05) is 12.8 Å². The first-order valence-electron chi connectivity index (χ1n) is 6.01. The zero-order valence-corrected chi connectivity index (χ0v) is 12.5. The Morgan fingerprint density at radius 1 is 1.53 bits per heavy atom. The number of nitrogens with zero attached hydrogens (tertiary/aromatic N) is 1. The average molecular weight is 316 g/mol. The second-order valence-electron chi connectivity index (χ2n) is 5.09. The van der Waals surface area contributed by atoms with Crippen LogP contribution in [0, 0.1) is 5.41 Å². The fourth-order valence-corrected chi connectivity index (χ4v) is 4.22. The molecule has 1 heterocycles. The smallest absolute Gasteiger partial charge is 0.127 e. The molecule has 2 nitrogen and oxygen atoms in total. The van der Waals surface area contributed by atoms with Gasteiger partial charge in [-0.05, 0) is 41.9 Å². The minimum absolute atomic E-state index is 0.0662. The fraction of sp³-hybridized carbons (Fsp3) is 0.615. The van der Waals surface area contributed by atoms with E-state index < -0.39 is 0 Å². The molecule has 0 bridgehead atoms. The molecule has 1 aliphatic rings. The summed E-state index contributed by atoms with van der Waals surface area (Å²) in [7, 11) is 2.11. The van der Waals surface area contributed by atoms with Crippen molar-refractivity contribution in [2.24, 2.45) is 5.41 Å². The van der Waals surface area contributed by atoms with Crippen LogP contribution in [0.2, 0.25) is 0 Å². The van der Waals surface area contributed by atoms with Crippen LogP contribution in [0.4, 0.5) is 0 Å². The predicted octanol–water partition coefficient (Wildman–Crippen LogP) is 3.70. The Balaban J connectivity index is 1.92. The molecular formula is C13H18BrNOS. The standard InChI is InChI=1S/C13H18BrNOS/c1-15(7-12-6-11(14)8-17-12)9-13(10-16)4-2-3-5-13/h6,8,10H,2-5,7,9H2,1H3. The molecule has 0 atom stereocenters. The van der Waals surface area contributed by atoms with Gasteiger partial charge < -0.3 is 9.69 Å². The van der Waals surface area contributed by atoms with Crippen LogP contribution in [-0.2, 0) is 11.3 Å². The normalized spacial score (nSPS) is 18.8. The Morgan fingerprint density at radius 2 is 2.24 bits per heavy atom. The molecule has 17 heavy (non-hydrogen) atoms. The third kappa shape index (κ3) is 3.39. The molecule has 1 aromatic heterocycles. The first-order chi connectivity index (χ1) is 8.13. The molecule has 4 heteroatoms. The summed E-state index contributed by atoms with van der Waals surface area (Å²) in [4.78, 5) is 14.9. The van der Waals surface area contributed by atoms with Crippen LogP contribution < -0.4 is 0 Å². The second-order valence-corrected chi connectivity index (χ2v) is 7.00. The minimum Gasteiger partial charge on any atom is -0.303 e. The zero-order valence-electron chi connectivity index (χ0n) is 10.1. The number of hydrogen-bond donors (Lipinski definition) is 0. The lowest BCUT2D eigenvalue weighted by atomic mass is 9.87. The molecule has 0 N–H and O–H groups in total. The summed E-state index contributed by atoms with van der Waals surface area (Å²) in [5.74, 6) is 0. The van der Waals surface area contributed by atoms with Gasteiger partial charge in [-0.3, -0.25) is 0 Å². The summed E-state index contributed by atoms with van der Waals surface area (Å²) in [6.45, 7) is 1.83. The van der Waals surface area contributed by atoms with Crippen LogP contribution in [0.5, 0.6) is 0 Å². The minimum atomic E-state index is -0.0662. The SMILES string of the molecule is CN(Cc1cc(Br)cs1)CC1(C=O)CCCC1. The first-order valence-corrected chi connectivity index (χ1v) is 7.69. The van der Waals surface area contributed by atoms with Gasteiger partial charge in [0.05, 0.1) is 0 Å². The van der Waals surface area contributed by atoms with Crippen molar-refractivity contribution >= 4 is 33.6 Å². The lowest BCUT2D eigenvalue weighted by Gasteiger charge is -2.28. The molecule has 0 aromatic carbocycles. The fourth-order valence-electron chi connectivity index (χ4n) is 2.69. The highest BCUT2D eigenvalue weighted by atomic mass is 79.9. The maximum Gasteiger partial charge on any atom is 0.127 e. The molecule has 1 saturated carbocycles. The van der Waals surface area contributed by atoms with E-state index in [0.717, 1.165) is 30.4 Å². The quantitative estimate of drug-likeness (QED) is 0.772. The van der Waals surface area contributed by atoms with Crippen molar-refractivity contribution in [3.8, 4) is 0 Å². The molecule has 0 aliphatic heterocycles. The van der Waals surface area contributed by atoms with Gasteiger partial charge in [-0.2, -0.15) is 0 Å². The van der Waals surface area contributed by atoms with E-state index in [1.165, 1.54) is 24.0 Å². The lowest BCUT2D eigenvalue weighted by molar-refractivity contribution is -0.116. The molecule has 2 rings (SSSR count). The van der Waals surface area contributed by atoms with E-state index in [1.54, 1.807) is 11.3 Å². The highest BCUT2D eigenvalue weighted by Crippen LogP contribution is 2.37. The van der Waals surface area contributed by atoms with Crippen LogP contribution >= 0.6 is 27.3 Å². The van der Waals surface area contributed by atoms with Gasteiger partial charge >= 0.3 is 0 Å². The molecule has 0 radical (unpaired) electrons. The van der Waals surface area contributed by atoms with E-state index in [0.29, 0.717) is 0 Å². The summed E-state index contributed by atoms with van der Waals surface area (Å²) in [5, 5.41) is 2.11. The average Bonchev–Trinajstić information content (AvgIpc) is 2.89. The first kappa shape index (κ1) is 13.2. The Kier molecular flexibility index (Phi) is 4.39. The molecule has 0 saturated heterocycles. The van der Waals surface area contributed by atoms with Gasteiger partial charge in [0.25, 0.3) is 0 Å². The van der Waals surface area contributed by atoms with Crippen molar-refractivity contribution in [3.63, 3.8) is 0 Å². The third-order valence-corrected chi connectivity index (χ3v) is 5.16. The number of carbonyl (C=O) groups is 1. The van der Waals surface area contributed by atoms with E-state index in [-0.39, 0.29) is 5.41 Å². The van der Waals surface area contributed by atoms with Gasteiger partial charge in [0.1, 0.15) is 6.29 Å². The predicted molar refractivity (Wildman–Crippen MR) is 75.3 cm³/mol. The molecule has 0 spiro atoms. The van der Waals surface area contributed by atoms with Crippen LogP contribution in [0.25, 0.3) is 0 Å². The molecule has 1 aromatic rings. The van der Waals surface area contributed by atoms with E-state index in [9.17, 15) is 4.79 Å². The number of halogens is 1. The van der Waals surface area contributed by atoms with Crippen molar-refractivity contribution in [3.05, 3.63) is 20.8 Å². The topological polar surface area (TPSA) is 20.3 Å². The number of hydrogen-bond acceptors (Lipinski definition) is 3. The Labute approximate surface area is 115 Å². The summed E-state index contributed by atoms with van der Waals surface area (Å²) < 4.78 is 1.15. The van der Waals surface area contributed by atoms with E-state index in [2.05, 4.69) is 39.3 Å². The van der Waals surface area contributed by atoms with Gasteiger partial charge in [-0.25, -0.2) is 0 Å². The molecule has 94 valence electrons. The molecule has 0 unspecified atom stereocenters. The molecule has 1 fully saturated rings. The van der Waals surface area contributed by atoms with Crippen LogP contribution in [0.3, 0.4) is 0 Å². The maximum absolute atomic E-state index is 11.3. The van der Waals surface area contributed by atoms with E-state index >= 15 is 0 Å². The van der Waals surface area contributed by atoms with Crippen molar-refractivity contribution in [2.75, 3.05) is 13.6 Å².